The first kappa shape index (κ1) is 21.1. The number of ether oxygens (including phenoxy) is 2. The van der Waals surface area contributed by atoms with Crippen LogP contribution in [-0.2, 0) is 14.3 Å². The van der Waals surface area contributed by atoms with Crippen LogP contribution in [0.5, 0.6) is 0 Å². The first-order valence-electron chi connectivity index (χ1n) is 9.62. The number of rotatable bonds is 2. The van der Waals surface area contributed by atoms with Gasteiger partial charge in [-0.1, -0.05) is 32.1 Å². The van der Waals surface area contributed by atoms with Gasteiger partial charge in [-0.3, -0.25) is 0 Å². The average molecular weight is 366 g/mol. The Morgan fingerprint density at radius 3 is 2.54 bits per heavy atom. The Labute approximate surface area is 157 Å². The summed E-state index contributed by atoms with van der Waals surface area (Å²) < 4.78 is 11.3. The first-order valence-corrected chi connectivity index (χ1v) is 9.62. The molecule has 2 heterocycles. The van der Waals surface area contributed by atoms with Crippen molar-refractivity contribution in [1.29, 1.82) is 0 Å². The van der Waals surface area contributed by atoms with E-state index in [0.717, 1.165) is 0 Å². The molecule has 1 saturated heterocycles. The highest BCUT2D eigenvalue weighted by Crippen LogP contribution is 2.43. The van der Waals surface area contributed by atoms with Crippen LogP contribution in [0.1, 0.15) is 66.2 Å². The third-order valence-corrected chi connectivity index (χ3v) is 5.94. The van der Waals surface area contributed by atoms with E-state index in [0.29, 0.717) is 44.1 Å². The summed E-state index contributed by atoms with van der Waals surface area (Å²) in [5.41, 5.74) is -1.88. The van der Waals surface area contributed by atoms with Crippen molar-refractivity contribution in [3.05, 3.63) is 23.8 Å². The molecule has 0 unspecified atom stereocenters. The summed E-state index contributed by atoms with van der Waals surface area (Å²) >= 11 is 0. The summed E-state index contributed by atoms with van der Waals surface area (Å²) in [5.74, 6) is -0.158. The van der Waals surface area contributed by atoms with Crippen LogP contribution in [0.25, 0.3) is 0 Å². The summed E-state index contributed by atoms with van der Waals surface area (Å²) in [6.45, 7) is 7.77. The predicted molar refractivity (Wildman–Crippen MR) is 101 cm³/mol. The molecular formula is C21H34O5. The lowest BCUT2D eigenvalue weighted by Gasteiger charge is -2.49. The van der Waals surface area contributed by atoms with Crippen LogP contribution < -0.4 is 0 Å². The molecule has 2 aliphatic heterocycles. The zero-order valence-corrected chi connectivity index (χ0v) is 16.7. The molecule has 1 fully saturated rings. The summed E-state index contributed by atoms with van der Waals surface area (Å²) in [7, 11) is 1.37. The Hall–Kier alpha value is -1.17. The van der Waals surface area contributed by atoms with Gasteiger partial charge in [0, 0.05) is 5.57 Å². The fourth-order valence-corrected chi connectivity index (χ4v) is 3.82. The number of methoxy groups -OCH3 is 1. The Morgan fingerprint density at radius 1 is 1.23 bits per heavy atom. The number of hydrogen-bond acceptors (Lipinski definition) is 5. The number of aliphatic hydroxyl groups is 2. The normalized spacial score (nSPS) is 42.2. The van der Waals surface area contributed by atoms with E-state index in [4.69, 9.17) is 9.47 Å². The molecule has 5 nitrogen and oxygen atoms in total. The van der Waals surface area contributed by atoms with Gasteiger partial charge in [-0.2, -0.15) is 0 Å². The number of carbonyl (C=O) groups excluding carboxylic acids is 1. The maximum atomic E-state index is 12.1. The highest BCUT2D eigenvalue weighted by atomic mass is 16.5. The minimum Gasteiger partial charge on any atom is -0.466 e. The van der Waals surface area contributed by atoms with E-state index in [9.17, 15) is 15.0 Å². The maximum Gasteiger partial charge on any atom is 0.333 e. The Morgan fingerprint density at radius 2 is 1.92 bits per heavy atom. The third-order valence-electron chi connectivity index (χ3n) is 5.94. The fraction of sp³-hybridized carbons (Fsp3) is 0.762. The van der Waals surface area contributed by atoms with E-state index < -0.39 is 16.8 Å². The van der Waals surface area contributed by atoms with E-state index in [1.165, 1.54) is 7.11 Å². The molecule has 2 aliphatic rings. The van der Waals surface area contributed by atoms with Gasteiger partial charge < -0.3 is 19.7 Å². The van der Waals surface area contributed by atoms with Gasteiger partial charge in [0.2, 0.25) is 0 Å². The second kappa shape index (κ2) is 7.83. The maximum absolute atomic E-state index is 12.1. The highest BCUT2D eigenvalue weighted by Gasteiger charge is 2.47. The molecule has 0 saturated carbocycles. The minimum absolute atomic E-state index is 0.201. The summed E-state index contributed by atoms with van der Waals surface area (Å²) in [5, 5.41) is 21.5. The monoisotopic (exact) mass is 366 g/mol. The van der Waals surface area contributed by atoms with Gasteiger partial charge in [-0.25, -0.2) is 4.79 Å². The van der Waals surface area contributed by atoms with E-state index in [1.807, 2.05) is 18.2 Å². The third kappa shape index (κ3) is 4.76. The fourth-order valence-electron chi connectivity index (χ4n) is 3.82. The predicted octanol–water partition coefficient (Wildman–Crippen LogP) is 3.29. The quantitative estimate of drug-likeness (QED) is 0.579. The number of carbonyl (C=O) groups is 1. The summed E-state index contributed by atoms with van der Waals surface area (Å²) in [4.78, 5) is 12.1. The molecule has 5 heteroatoms. The lowest BCUT2D eigenvalue weighted by atomic mass is 9.75. The van der Waals surface area contributed by atoms with Crippen molar-refractivity contribution in [2.45, 2.75) is 89.1 Å². The van der Waals surface area contributed by atoms with Gasteiger partial charge in [0.15, 0.2) is 0 Å². The zero-order valence-electron chi connectivity index (χ0n) is 16.7. The van der Waals surface area contributed by atoms with Crippen molar-refractivity contribution in [2.24, 2.45) is 5.92 Å². The molecule has 4 atom stereocenters. The molecule has 0 aliphatic carbocycles. The minimum atomic E-state index is -0.988. The largest absolute Gasteiger partial charge is 0.466 e. The molecule has 0 radical (unpaired) electrons. The summed E-state index contributed by atoms with van der Waals surface area (Å²) in [6, 6.07) is 0. The van der Waals surface area contributed by atoms with Crippen molar-refractivity contribution in [3.63, 3.8) is 0 Å². The molecule has 2 bridgehead atoms. The van der Waals surface area contributed by atoms with Crippen molar-refractivity contribution >= 4 is 5.97 Å². The van der Waals surface area contributed by atoms with Crippen molar-refractivity contribution in [2.75, 3.05) is 7.11 Å². The molecule has 0 amide bonds. The molecule has 148 valence electrons. The van der Waals surface area contributed by atoms with E-state index in [2.05, 4.69) is 13.8 Å². The van der Waals surface area contributed by atoms with Crippen LogP contribution in [0, 0.1) is 5.92 Å². The molecule has 0 aromatic heterocycles. The SMILES string of the molecule is COC(=O)/C1=C\CC[C@@](C)(O)/C=C/[C@@]2(C(C)C)CC[C@](C)(O)[C@H](CC1)O2. The Kier molecular flexibility index (Phi) is 6.36. The Balaban J connectivity index is 2.40. The topological polar surface area (TPSA) is 76.0 Å². The van der Waals surface area contributed by atoms with Crippen LogP contribution in [0.4, 0.5) is 0 Å². The van der Waals surface area contributed by atoms with E-state index >= 15 is 0 Å². The van der Waals surface area contributed by atoms with Gasteiger partial charge in [-0.05, 0) is 58.3 Å². The molecule has 0 aromatic carbocycles. The number of esters is 1. The van der Waals surface area contributed by atoms with Crippen molar-refractivity contribution < 1.29 is 24.5 Å². The summed E-state index contributed by atoms with van der Waals surface area (Å²) in [6.07, 6.45) is 8.69. The van der Waals surface area contributed by atoms with Crippen LogP contribution in [0.2, 0.25) is 0 Å². The van der Waals surface area contributed by atoms with Gasteiger partial charge >= 0.3 is 5.97 Å². The van der Waals surface area contributed by atoms with Gasteiger partial charge in [0.1, 0.15) is 0 Å². The van der Waals surface area contributed by atoms with E-state index in [1.54, 1.807) is 13.8 Å². The first-order chi connectivity index (χ1) is 12.0. The van der Waals surface area contributed by atoms with Crippen LogP contribution >= 0.6 is 0 Å². The van der Waals surface area contributed by atoms with Crippen molar-refractivity contribution in [3.8, 4) is 0 Å². The van der Waals surface area contributed by atoms with E-state index in [-0.39, 0.29) is 18.0 Å². The van der Waals surface area contributed by atoms with Crippen LogP contribution in [0.3, 0.4) is 0 Å². The van der Waals surface area contributed by atoms with Crippen molar-refractivity contribution in [1.82, 2.24) is 0 Å². The van der Waals surface area contributed by atoms with Gasteiger partial charge in [-0.15, -0.1) is 0 Å². The van der Waals surface area contributed by atoms with Crippen LogP contribution in [-0.4, -0.2) is 46.2 Å². The zero-order chi connectivity index (χ0) is 19.6. The van der Waals surface area contributed by atoms with Gasteiger partial charge in [0.25, 0.3) is 0 Å². The number of hydrogen-bond donors (Lipinski definition) is 2. The second-order valence-corrected chi connectivity index (χ2v) is 8.56. The smallest absolute Gasteiger partial charge is 0.333 e. The number of allylic oxidation sites excluding steroid dienone is 1. The standard InChI is InChI=1S/C21H34O5/c1-15(2)21-13-11-19(3,23)10-6-7-16(18(22)25-5)8-9-17(26-21)20(4,24)12-14-21/h7,11,13,15,17,23-24H,6,8-10,12,14H2,1-5H3/b13-11+,16-7-/t17-,19+,20-,21-/m0/s1. The van der Waals surface area contributed by atoms with Crippen LogP contribution in [0.15, 0.2) is 23.8 Å². The second-order valence-electron chi connectivity index (χ2n) is 8.56. The molecule has 2 N–H and O–H groups in total. The molecule has 0 spiro atoms. The average Bonchev–Trinajstić information content (AvgIpc) is 2.56. The van der Waals surface area contributed by atoms with Gasteiger partial charge in [0.05, 0.1) is 30.0 Å². The molecular weight excluding hydrogens is 332 g/mol. The molecule has 0 aromatic rings. The molecule has 2 rings (SSSR count). The Bertz CT molecular complexity index is 573. The molecule has 26 heavy (non-hydrogen) atoms. The highest BCUT2D eigenvalue weighted by molar-refractivity contribution is 5.88. The lowest BCUT2D eigenvalue weighted by Crippen LogP contribution is -2.55. The lowest BCUT2D eigenvalue weighted by molar-refractivity contribution is -0.210. The number of fused-ring (bicyclic) bond motifs is 2.